The van der Waals surface area contributed by atoms with Crippen molar-refractivity contribution in [3.05, 3.63) is 64.7 Å². The number of phenols is 1. The number of benzene rings is 2. The monoisotopic (exact) mass is 1940 g/mol. The number of thioether (sulfide) groups is 3. The second kappa shape index (κ2) is 59.4. The van der Waals surface area contributed by atoms with E-state index in [1.807, 2.05) is 0 Å². The molecule has 17 amide bonds. The number of carboxylic acid groups (broad SMARTS) is 2. The van der Waals surface area contributed by atoms with Crippen molar-refractivity contribution in [2.75, 3.05) is 63.2 Å². The molecule has 15 atom stereocenters. The maximum atomic E-state index is 15.3. The van der Waals surface area contributed by atoms with Crippen LogP contribution in [0.15, 0.2) is 42.5 Å². The first-order valence-corrected chi connectivity index (χ1v) is 46.1. The molecule has 0 unspecified atom stereocenters. The van der Waals surface area contributed by atoms with Gasteiger partial charge in [-0.05, 0) is 125 Å². The van der Waals surface area contributed by atoms with Crippen LogP contribution in [-0.2, 0) is 115 Å². The second-order valence-electron chi connectivity index (χ2n) is 31.7. The Morgan fingerprint density at radius 2 is 0.895 bits per heavy atom. The van der Waals surface area contributed by atoms with Crippen LogP contribution in [0.2, 0.25) is 0 Å². The van der Waals surface area contributed by atoms with Crippen molar-refractivity contribution in [1.82, 2.24) is 101 Å². The average Bonchev–Trinajstić information content (AvgIpc) is 0.924. The number of aliphatic carboxylic acids is 2. The SMILES string of the molecule is CC[C@H]1NC(=O)[C@H](CCCNC(N)N)NC(=O)CNC(=O)[C@H](CCCNC(N)N)NC(=O)[C@@H]2CSCc3cc(cc(c3)CSC[C@@H](C(=O)NCC(N)=O)NC(=O)[C@H](C)NC(=O)[C@H](CO)NC1=O)CSC[C@H](NC(=O)[C@H](C)N)C(=O)N[C@@H](CO)C(=O)N[C@@H](CCCNC(N)N)C(=O)N[C@@H](Cc1ccc(O)cc1)C(=O)N[C@@H](CCC(=O)O)C(=O)N[C@@H](C(C)C)C(=O)N[C@@H](CC(=O)O)C(=O)N2. The van der Waals surface area contributed by atoms with Crippen molar-refractivity contribution >= 4 is 148 Å². The molecule has 0 saturated carbocycles. The van der Waals surface area contributed by atoms with Crippen LogP contribution in [0.4, 0.5) is 0 Å². The van der Waals surface area contributed by atoms with Crippen LogP contribution in [0.3, 0.4) is 0 Å². The molecular weight excluding hydrogens is 1810 g/mol. The van der Waals surface area contributed by atoms with E-state index in [0.29, 0.717) is 16.7 Å². The van der Waals surface area contributed by atoms with E-state index in [4.69, 9.17) is 45.9 Å². The van der Waals surface area contributed by atoms with Gasteiger partial charge in [0.1, 0.15) is 109 Å². The largest absolute Gasteiger partial charge is 0.508 e. The van der Waals surface area contributed by atoms with Gasteiger partial charge in [-0.2, -0.15) is 35.3 Å². The van der Waals surface area contributed by atoms with Crippen LogP contribution in [0.5, 0.6) is 5.75 Å². The zero-order chi connectivity index (χ0) is 99.3. The van der Waals surface area contributed by atoms with Gasteiger partial charge in [-0.15, -0.1) is 0 Å². The van der Waals surface area contributed by atoms with Gasteiger partial charge >= 0.3 is 11.9 Å². The smallest absolute Gasteiger partial charge is 0.305 e. The highest BCUT2D eigenvalue weighted by Gasteiger charge is 2.40. The summed E-state index contributed by atoms with van der Waals surface area (Å²) in [6, 6.07) is -15.3. The number of amides is 17. The highest BCUT2D eigenvalue weighted by atomic mass is 32.2. The third kappa shape index (κ3) is 43.1. The molecule has 0 spiro atoms. The fraction of sp³-hybridized carbons (Fsp3) is 0.608. The number of nitrogens with two attached hydrogens (primary N) is 8. The molecule has 0 saturated heterocycles. The van der Waals surface area contributed by atoms with Crippen LogP contribution in [0, 0.1) is 5.92 Å². The highest BCUT2D eigenvalue weighted by Crippen LogP contribution is 2.25. The van der Waals surface area contributed by atoms with Gasteiger partial charge in [0, 0.05) is 47.4 Å². The molecule has 40 N–H and O–H groups in total. The first-order valence-electron chi connectivity index (χ1n) is 42.7. The summed E-state index contributed by atoms with van der Waals surface area (Å²) in [4.78, 5) is 268. The van der Waals surface area contributed by atoms with Gasteiger partial charge in [-0.1, -0.05) is 51.1 Å². The van der Waals surface area contributed by atoms with Crippen molar-refractivity contribution in [1.29, 1.82) is 0 Å². The van der Waals surface area contributed by atoms with E-state index >= 15 is 9.59 Å². The number of carbonyl (C=O) groups is 19. The van der Waals surface area contributed by atoms with Crippen molar-refractivity contribution < 1.29 is 117 Å². The summed E-state index contributed by atoms with van der Waals surface area (Å²) >= 11 is 2.97. The van der Waals surface area contributed by atoms with E-state index in [-0.39, 0.29) is 105 Å². The van der Waals surface area contributed by atoms with E-state index < -0.39 is 286 Å². The maximum absolute atomic E-state index is 15.3. The zero-order valence-corrected chi connectivity index (χ0v) is 76.8. The fourth-order valence-electron chi connectivity index (χ4n) is 12.8. The Hall–Kier alpha value is -11.3. The molecular formula is C79H129N27O24S3. The number of primary amides is 1. The number of aliphatic hydroxyl groups is 2. The third-order valence-electron chi connectivity index (χ3n) is 20.0. The van der Waals surface area contributed by atoms with Gasteiger partial charge in [0.05, 0.1) is 38.8 Å². The minimum Gasteiger partial charge on any atom is -0.508 e. The van der Waals surface area contributed by atoms with Crippen molar-refractivity contribution in [3.8, 4) is 5.75 Å². The lowest BCUT2D eigenvalue weighted by atomic mass is 10.0. The summed E-state index contributed by atoms with van der Waals surface area (Å²) in [5.74, 6) is -24.5. The van der Waals surface area contributed by atoms with E-state index in [9.17, 15) is 107 Å². The molecule has 0 fully saturated rings. The Bertz CT molecular complexity index is 4300. The molecule has 2 aromatic carbocycles. The molecule has 2 aliphatic rings. The van der Waals surface area contributed by atoms with Crippen LogP contribution in [0.25, 0.3) is 0 Å². The highest BCUT2D eigenvalue weighted by molar-refractivity contribution is 7.99. The summed E-state index contributed by atoms with van der Waals surface area (Å²) < 4.78 is 0. The number of carboxylic acids is 2. The second-order valence-corrected chi connectivity index (χ2v) is 34.8. The summed E-state index contributed by atoms with van der Waals surface area (Å²) in [5.41, 5.74) is 47.3. The normalized spacial score (nSPS) is 24.2. The summed E-state index contributed by atoms with van der Waals surface area (Å²) in [7, 11) is 0. The number of hydrogen-bond donors (Lipinski definition) is 32. The van der Waals surface area contributed by atoms with Crippen LogP contribution >= 0.6 is 35.3 Å². The number of phenolic OH excluding ortho intramolecular Hbond substituents is 1. The predicted molar refractivity (Wildman–Crippen MR) is 485 cm³/mol. The minimum absolute atomic E-state index is 0.00177. The summed E-state index contributed by atoms with van der Waals surface area (Å²) in [6.45, 7) is 2.98. The van der Waals surface area contributed by atoms with E-state index in [2.05, 4.69) is 101 Å². The van der Waals surface area contributed by atoms with Gasteiger partial charge in [-0.3, -0.25) is 107 Å². The average molecular weight is 1940 g/mol. The molecule has 4 rings (SSSR count). The maximum Gasteiger partial charge on any atom is 0.305 e. The van der Waals surface area contributed by atoms with Gasteiger partial charge < -0.3 is 156 Å². The third-order valence-corrected chi connectivity index (χ3v) is 23.3. The van der Waals surface area contributed by atoms with Gasteiger partial charge in [0.15, 0.2) is 0 Å². The Labute approximate surface area is 779 Å². The zero-order valence-electron chi connectivity index (χ0n) is 74.3. The molecule has 2 aromatic rings. The standard InChI is InChI=1S/C79H129N27O24S3/c1-6-45-66(120)101-52(29-107)72(126)93-39(5)63(117)104-54(65(119)91-27-57(81)110)34-131-31-41-22-42-24-43(23-41)33-133-36-56(74(128)96-46(10-7-19-88-77(82)83)64(118)92-28-58(111)94-47(67(121)95-45)11-8-20-89-78(84)85)105-71(125)51(26-60(114)115)100-76(130)61(37(2)3)106-69(123)49(17-18-59(112)113)98-70(124)50(25-40-13-15-44(109)16-14-40)99-68(122)48(12-9-21-90-79(86)87)97-73(127)53(30-108)102-75(129)55(35-132-32-42)103-62(116)38(4)80/h13-16,22-24,37-39,45-56,61,77-79,88-90,107-109H,6-12,17-21,25-36,80,82-87H2,1-5H3,(H2,81,110)(H,91,119)(H,92,118)(H,93,126)(H,94,111)(H,95,121)(H,96,128)(H,97,127)(H,98,124)(H,99,122)(H,100,130)(H,101,120)(H,102,129)(H,103,116)(H,104,117)(H,105,125)(H,106,123)(H,112,113)(H,114,115)/t38-,39-,45+,46-,47-,48-,49-,50-,51-,52-,53-,54-,55-,56-,61-/m0/s1. The fourth-order valence-corrected chi connectivity index (χ4v) is 15.8. The first-order chi connectivity index (χ1) is 62.8. The number of nitrogens with one attached hydrogen (secondary N) is 19. The van der Waals surface area contributed by atoms with E-state index in [1.54, 1.807) is 18.2 Å². The van der Waals surface area contributed by atoms with Gasteiger partial charge in [0.2, 0.25) is 100 Å². The lowest BCUT2D eigenvalue weighted by Gasteiger charge is -2.29. The lowest BCUT2D eigenvalue weighted by molar-refractivity contribution is -0.142. The van der Waals surface area contributed by atoms with Crippen molar-refractivity contribution in [2.24, 2.45) is 51.8 Å². The summed E-state index contributed by atoms with van der Waals surface area (Å²) in [6.07, 6.45) is -7.32. The number of fused-ring (bicyclic) bond motifs is 5. The Morgan fingerprint density at radius 3 is 1.39 bits per heavy atom. The molecule has 4 bridgehead atoms. The molecule has 0 aromatic heterocycles. The lowest BCUT2D eigenvalue weighted by Crippen LogP contribution is -2.62. The van der Waals surface area contributed by atoms with Crippen LogP contribution in [-0.4, -0.2) is 311 Å². The first kappa shape index (κ1) is 114. The molecule has 0 aliphatic carbocycles. The Morgan fingerprint density at radius 1 is 0.466 bits per heavy atom. The Balaban J connectivity index is 2.09. The van der Waals surface area contributed by atoms with Crippen LogP contribution < -0.4 is 147 Å². The topological polar surface area (TPSA) is 862 Å². The van der Waals surface area contributed by atoms with Gasteiger partial charge in [0.25, 0.3) is 0 Å². The molecule has 133 heavy (non-hydrogen) atoms. The quantitative estimate of drug-likeness (QED) is 0.0246. The van der Waals surface area contributed by atoms with Crippen molar-refractivity contribution in [3.63, 3.8) is 0 Å². The van der Waals surface area contributed by atoms with E-state index in [1.165, 1.54) is 58.9 Å². The Kier molecular flexibility index (Phi) is 50.9. The molecule has 2 aliphatic heterocycles. The number of aliphatic hydroxyl groups excluding tert-OH is 2. The molecule has 742 valence electrons. The molecule has 2 heterocycles. The number of rotatable bonds is 31. The summed E-state index contributed by atoms with van der Waals surface area (Å²) in [5, 5.41) is 99.2. The molecule has 51 nitrogen and oxygen atoms in total. The molecule has 54 heteroatoms. The minimum atomic E-state index is -2.16. The van der Waals surface area contributed by atoms with E-state index in [0.717, 1.165) is 35.3 Å². The number of aromatic hydroxyl groups is 1. The number of hydrogen-bond acceptors (Lipinski definition) is 35. The van der Waals surface area contributed by atoms with Crippen LogP contribution in [0.1, 0.15) is 121 Å². The predicted octanol–water partition coefficient (Wildman–Crippen LogP) is -12.7. The molecule has 0 radical (unpaired) electrons. The van der Waals surface area contributed by atoms with Crippen molar-refractivity contribution in [2.45, 2.75) is 232 Å². The number of carbonyl (C=O) groups excluding carboxylic acids is 17. The van der Waals surface area contributed by atoms with Gasteiger partial charge in [-0.25, -0.2) is 0 Å².